The molecular formula is C12H15ClO3. The maximum atomic E-state index is 11.2. The van der Waals surface area contributed by atoms with Gasteiger partial charge in [-0.05, 0) is 38.0 Å². The Bertz CT molecular complexity index is 401. The van der Waals surface area contributed by atoms with E-state index in [1.165, 1.54) is 7.11 Å². The van der Waals surface area contributed by atoms with E-state index >= 15 is 0 Å². The fraction of sp³-hybridized carbons (Fsp3) is 0.417. The first-order chi connectivity index (χ1) is 7.45. The minimum atomic E-state index is -0.663. The molecule has 0 radical (unpaired) electrons. The van der Waals surface area contributed by atoms with E-state index in [0.717, 1.165) is 11.1 Å². The average molecular weight is 243 g/mol. The number of halogens is 1. The van der Waals surface area contributed by atoms with Crippen LogP contribution in [-0.2, 0) is 9.53 Å². The van der Waals surface area contributed by atoms with Crippen molar-refractivity contribution in [3.05, 3.63) is 28.3 Å². The molecule has 0 amide bonds. The molecule has 0 N–H and O–H groups in total. The number of aryl methyl sites for hydroxylation is 2. The van der Waals surface area contributed by atoms with Gasteiger partial charge in [-0.1, -0.05) is 17.7 Å². The second-order valence-electron chi connectivity index (χ2n) is 3.68. The number of carbonyl (C=O) groups excluding carboxylic acids is 1. The number of hydrogen-bond donors (Lipinski definition) is 0. The van der Waals surface area contributed by atoms with Gasteiger partial charge in [0.2, 0.25) is 0 Å². The van der Waals surface area contributed by atoms with Crippen LogP contribution in [0, 0.1) is 13.8 Å². The first kappa shape index (κ1) is 12.8. The van der Waals surface area contributed by atoms with Gasteiger partial charge in [-0.3, -0.25) is 0 Å². The van der Waals surface area contributed by atoms with Gasteiger partial charge in [-0.15, -0.1) is 0 Å². The molecule has 0 aliphatic heterocycles. The molecule has 0 aliphatic rings. The molecule has 16 heavy (non-hydrogen) atoms. The highest BCUT2D eigenvalue weighted by molar-refractivity contribution is 6.32. The zero-order valence-electron chi connectivity index (χ0n) is 9.83. The molecule has 0 saturated carbocycles. The normalized spacial score (nSPS) is 12.1. The van der Waals surface area contributed by atoms with Crippen LogP contribution in [0.3, 0.4) is 0 Å². The number of ether oxygens (including phenoxy) is 2. The second kappa shape index (κ2) is 5.21. The average Bonchev–Trinajstić information content (AvgIpc) is 2.23. The maximum absolute atomic E-state index is 11.2. The molecule has 0 aliphatic carbocycles. The lowest BCUT2D eigenvalue weighted by Crippen LogP contribution is -2.25. The number of carbonyl (C=O) groups is 1. The van der Waals surface area contributed by atoms with Crippen molar-refractivity contribution in [2.75, 3.05) is 7.11 Å². The van der Waals surface area contributed by atoms with Crippen LogP contribution in [0.15, 0.2) is 12.1 Å². The van der Waals surface area contributed by atoms with Crippen LogP contribution < -0.4 is 4.74 Å². The maximum Gasteiger partial charge on any atom is 0.346 e. The molecule has 1 aromatic carbocycles. The standard InChI is InChI=1S/C12H15ClO3/c1-7-5-8(2)11(13)10(6-7)16-9(3)12(14)15-4/h5-6,9H,1-4H3. The van der Waals surface area contributed by atoms with Crippen LogP contribution in [-0.4, -0.2) is 19.2 Å². The first-order valence-corrected chi connectivity index (χ1v) is 5.34. The van der Waals surface area contributed by atoms with E-state index in [4.69, 9.17) is 16.3 Å². The number of methoxy groups -OCH3 is 1. The number of benzene rings is 1. The summed E-state index contributed by atoms with van der Waals surface area (Å²) in [4.78, 5) is 11.2. The summed E-state index contributed by atoms with van der Waals surface area (Å²) in [5, 5.41) is 0.529. The fourth-order valence-electron chi connectivity index (χ4n) is 1.40. The molecule has 1 atom stereocenters. The van der Waals surface area contributed by atoms with E-state index in [-0.39, 0.29) is 0 Å². The third-order valence-corrected chi connectivity index (χ3v) is 2.69. The molecule has 4 heteroatoms. The van der Waals surface area contributed by atoms with Gasteiger partial charge < -0.3 is 9.47 Å². The summed E-state index contributed by atoms with van der Waals surface area (Å²) in [6.45, 7) is 5.46. The molecule has 88 valence electrons. The zero-order chi connectivity index (χ0) is 12.3. The summed E-state index contributed by atoms with van der Waals surface area (Å²) >= 11 is 6.08. The molecular weight excluding hydrogens is 228 g/mol. The van der Waals surface area contributed by atoms with Gasteiger partial charge in [0.05, 0.1) is 12.1 Å². The zero-order valence-corrected chi connectivity index (χ0v) is 10.6. The Morgan fingerprint density at radius 1 is 1.38 bits per heavy atom. The summed E-state index contributed by atoms with van der Waals surface area (Å²) in [6, 6.07) is 3.76. The Morgan fingerprint density at radius 3 is 2.56 bits per heavy atom. The van der Waals surface area contributed by atoms with Crippen LogP contribution in [0.25, 0.3) is 0 Å². The highest BCUT2D eigenvalue weighted by Crippen LogP contribution is 2.30. The molecule has 0 spiro atoms. The molecule has 0 bridgehead atoms. The number of hydrogen-bond acceptors (Lipinski definition) is 3. The van der Waals surface area contributed by atoms with Gasteiger partial charge in [-0.2, -0.15) is 0 Å². The Hall–Kier alpha value is -1.22. The lowest BCUT2D eigenvalue weighted by atomic mass is 10.1. The van der Waals surface area contributed by atoms with Crippen molar-refractivity contribution in [2.45, 2.75) is 26.9 Å². The van der Waals surface area contributed by atoms with Crippen molar-refractivity contribution < 1.29 is 14.3 Å². The molecule has 0 fully saturated rings. The van der Waals surface area contributed by atoms with E-state index in [0.29, 0.717) is 10.8 Å². The highest BCUT2D eigenvalue weighted by atomic mass is 35.5. The van der Waals surface area contributed by atoms with E-state index in [9.17, 15) is 4.79 Å². The monoisotopic (exact) mass is 242 g/mol. The van der Waals surface area contributed by atoms with Gasteiger partial charge in [0.15, 0.2) is 6.10 Å². The summed E-state index contributed by atoms with van der Waals surface area (Å²) in [5.41, 5.74) is 1.96. The van der Waals surface area contributed by atoms with Gasteiger partial charge in [-0.25, -0.2) is 4.79 Å². The smallest absolute Gasteiger partial charge is 0.346 e. The summed E-state index contributed by atoms with van der Waals surface area (Å²) in [6.07, 6.45) is -0.663. The van der Waals surface area contributed by atoms with Crippen molar-refractivity contribution in [2.24, 2.45) is 0 Å². The van der Waals surface area contributed by atoms with Gasteiger partial charge in [0.25, 0.3) is 0 Å². The third kappa shape index (κ3) is 2.89. The fourth-order valence-corrected chi connectivity index (χ4v) is 1.55. The van der Waals surface area contributed by atoms with E-state index in [1.807, 2.05) is 19.9 Å². The number of esters is 1. The van der Waals surface area contributed by atoms with Gasteiger partial charge in [0.1, 0.15) is 5.75 Å². The SMILES string of the molecule is COC(=O)C(C)Oc1cc(C)cc(C)c1Cl. The molecule has 3 nitrogen and oxygen atoms in total. The van der Waals surface area contributed by atoms with Crippen LogP contribution in [0.5, 0.6) is 5.75 Å². The molecule has 1 rings (SSSR count). The molecule has 0 saturated heterocycles. The van der Waals surface area contributed by atoms with Gasteiger partial charge in [0, 0.05) is 0 Å². The predicted octanol–water partition coefficient (Wildman–Crippen LogP) is 2.90. The van der Waals surface area contributed by atoms with Crippen LogP contribution >= 0.6 is 11.6 Å². The summed E-state index contributed by atoms with van der Waals surface area (Å²) < 4.78 is 10.0. The second-order valence-corrected chi connectivity index (χ2v) is 4.06. The Balaban J connectivity index is 2.93. The van der Waals surface area contributed by atoms with E-state index in [1.54, 1.807) is 13.0 Å². The van der Waals surface area contributed by atoms with Crippen molar-refractivity contribution >= 4 is 17.6 Å². The molecule has 1 aromatic rings. The van der Waals surface area contributed by atoms with Crippen molar-refractivity contribution in [3.63, 3.8) is 0 Å². The summed E-state index contributed by atoms with van der Waals surface area (Å²) in [5.74, 6) is 0.0901. The Morgan fingerprint density at radius 2 is 2.00 bits per heavy atom. The Kier molecular flexibility index (Phi) is 4.19. The van der Waals surface area contributed by atoms with Crippen molar-refractivity contribution in [1.29, 1.82) is 0 Å². The van der Waals surface area contributed by atoms with E-state index < -0.39 is 12.1 Å². The third-order valence-electron chi connectivity index (χ3n) is 2.20. The highest BCUT2D eigenvalue weighted by Gasteiger charge is 2.17. The first-order valence-electron chi connectivity index (χ1n) is 4.97. The molecule has 0 heterocycles. The van der Waals surface area contributed by atoms with Crippen LogP contribution in [0.4, 0.5) is 0 Å². The van der Waals surface area contributed by atoms with Crippen LogP contribution in [0.2, 0.25) is 5.02 Å². The lowest BCUT2D eigenvalue weighted by molar-refractivity contribution is -0.147. The molecule has 1 unspecified atom stereocenters. The van der Waals surface area contributed by atoms with Crippen LogP contribution in [0.1, 0.15) is 18.1 Å². The topological polar surface area (TPSA) is 35.5 Å². The summed E-state index contributed by atoms with van der Waals surface area (Å²) in [7, 11) is 1.32. The molecule has 0 aromatic heterocycles. The van der Waals surface area contributed by atoms with E-state index in [2.05, 4.69) is 4.74 Å². The predicted molar refractivity (Wildman–Crippen MR) is 63.0 cm³/mol. The Labute approximate surface area is 100 Å². The largest absolute Gasteiger partial charge is 0.477 e. The lowest BCUT2D eigenvalue weighted by Gasteiger charge is -2.15. The minimum absolute atomic E-state index is 0.421. The minimum Gasteiger partial charge on any atom is -0.477 e. The quantitative estimate of drug-likeness (QED) is 0.765. The number of rotatable bonds is 3. The van der Waals surface area contributed by atoms with Gasteiger partial charge >= 0.3 is 5.97 Å². The van der Waals surface area contributed by atoms with Crippen molar-refractivity contribution in [1.82, 2.24) is 0 Å². The van der Waals surface area contributed by atoms with Crippen molar-refractivity contribution in [3.8, 4) is 5.75 Å².